The predicted molar refractivity (Wildman–Crippen MR) is 131 cm³/mol. The van der Waals surface area contributed by atoms with E-state index in [-0.39, 0.29) is 17.5 Å². The maximum absolute atomic E-state index is 14.0. The average Bonchev–Trinajstić information content (AvgIpc) is 3.55. The van der Waals surface area contributed by atoms with Crippen molar-refractivity contribution in [1.82, 2.24) is 19.3 Å². The maximum atomic E-state index is 14.0. The van der Waals surface area contributed by atoms with Gasteiger partial charge in [-0.3, -0.25) is 4.57 Å². The lowest BCUT2D eigenvalue weighted by molar-refractivity contribution is 0.491. The van der Waals surface area contributed by atoms with Crippen molar-refractivity contribution in [2.45, 2.75) is 26.8 Å². The lowest BCUT2D eigenvalue weighted by Gasteiger charge is -2.16. The summed E-state index contributed by atoms with van der Waals surface area (Å²) in [5.41, 5.74) is 0.137. The van der Waals surface area contributed by atoms with Gasteiger partial charge in [-0.15, -0.1) is 0 Å². The number of aryl methyl sites for hydroxylation is 1. The van der Waals surface area contributed by atoms with Crippen LogP contribution in [0.15, 0.2) is 53.6 Å². The van der Waals surface area contributed by atoms with E-state index < -0.39 is 17.3 Å². The first-order valence-corrected chi connectivity index (χ1v) is 12.1. The van der Waals surface area contributed by atoms with E-state index in [1.54, 1.807) is 24.3 Å². The lowest BCUT2D eigenvalue weighted by atomic mass is 9.92. The van der Waals surface area contributed by atoms with Crippen molar-refractivity contribution in [2.24, 2.45) is 5.41 Å². The van der Waals surface area contributed by atoms with Crippen LogP contribution >= 0.6 is 11.3 Å². The van der Waals surface area contributed by atoms with E-state index in [4.69, 9.17) is 4.74 Å². The standard InChI is InChI=1S/C25H22F2N6O2S/c1-16-22(36-23(30-16)31-11-10-25(2,13-28)14-31)35-18-8-6-17(7-9-18)33-24(34)32(15-29-33)12-19-20(26)4-3-5-21(19)27/h3-9,15H,10-12,14H2,1-2H3. The van der Waals surface area contributed by atoms with Gasteiger partial charge in [0.2, 0.25) is 5.06 Å². The van der Waals surface area contributed by atoms with Crippen LogP contribution in [0.2, 0.25) is 0 Å². The number of hydrogen-bond donors (Lipinski definition) is 0. The highest BCUT2D eigenvalue weighted by Crippen LogP contribution is 2.40. The molecule has 0 radical (unpaired) electrons. The number of aromatic nitrogens is 4. The molecule has 2 aromatic carbocycles. The van der Waals surface area contributed by atoms with Crippen LogP contribution in [0.4, 0.5) is 13.9 Å². The quantitative estimate of drug-likeness (QED) is 0.377. The number of rotatable bonds is 6. The molecule has 0 bridgehead atoms. The fourth-order valence-corrected chi connectivity index (χ4v) is 5.01. The lowest BCUT2D eigenvalue weighted by Crippen LogP contribution is -2.24. The van der Waals surface area contributed by atoms with Crippen LogP contribution in [-0.4, -0.2) is 32.4 Å². The molecule has 1 saturated heterocycles. The summed E-state index contributed by atoms with van der Waals surface area (Å²) >= 11 is 1.42. The molecular weight excluding hydrogens is 486 g/mol. The van der Waals surface area contributed by atoms with Crippen LogP contribution < -0.4 is 15.3 Å². The molecule has 184 valence electrons. The van der Waals surface area contributed by atoms with E-state index in [0.29, 0.717) is 23.0 Å². The Kier molecular flexibility index (Phi) is 6.05. The summed E-state index contributed by atoms with van der Waals surface area (Å²) in [6, 6.07) is 12.7. The number of benzene rings is 2. The summed E-state index contributed by atoms with van der Waals surface area (Å²) in [6.45, 7) is 4.97. The van der Waals surface area contributed by atoms with Crippen molar-refractivity contribution in [3.63, 3.8) is 0 Å². The molecule has 1 unspecified atom stereocenters. The molecule has 36 heavy (non-hydrogen) atoms. The largest absolute Gasteiger partial charge is 0.445 e. The molecular formula is C25H22F2N6O2S. The molecule has 0 saturated carbocycles. The summed E-state index contributed by atoms with van der Waals surface area (Å²) in [5.74, 6) is -0.885. The molecule has 1 atom stereocenters. The van der Waals surface area contributed by atoms with Gasteiger partial charge in [-0.05, 0) is 56.7 Å². The first-order chi connectivity index (χ1) is 17.3. The van der Waals surface area contributed by atoms with E-state index in [1.807, 2.05) is 13.8 Å². The third kappa shape index (κ3) is 4.47. The Labute approximate surface area is 209 Å². The number of hydrogen-bond acceptors (Lipinski definition) is 7. The van der Waals surface area contributed by atoms with E-state index in [0.717, 1.165) is 45.2 Å². The van der Waals surface area contributed by atoms with Crippen LogP contribution in [0.25, 0.3) is 5.69 Å². The van der Waals surface area contributed by atoms with Gasteiger partial charge in [0.25, 0.3) is 0 Å². The maximum Gasteiger partial charge on any atom is 0.350 e. The average molecular weight is 509 g/mol. The second-order valence-electron chi connectivity index (χ2n) is 8.96. The molecule has 0 N–H and O–H groups in total. The molecule has 0 aliphatic carbocycles. The molecule has 0 amide bonds. The van der Waals surface area contributed by atoms with Gasteiger partial charge in [-0.25, -0.2) is 18.6 Å². The van der Waals surface area contributed by atoms with Gasteiger partial charge in [-0.2, -0.15) is 15.0 Å². The highest BCUT2D eigenvalue weighted by atomic mass is 32.1. The number of anilines is 1. The first-order valence-electron chi connectivity index (χ1n) is 11.3. The first kappa shape index (κ1) is 23.7. The van der Waals surface area contributed by atoms with Crippen molar-refractivity contribution in [1.29, 1.82) is 5.26 Å². The SMILES string of the molecule is Cc1nc(N2CCC(C)(C#N)C2)sc1Oc1ccc(-n2ncn(Cc3c(F)cccc3F)c2=O)cc1. The van der Waals surface area contributed by atoms with Gasteiger partial charge in [0.1, 0.15) is 23.7 Å². The zero-order chi connectivity index (χ0) is 25.4. The van der Waals surface area contributed by atoms with Crippen molar-refractivity contribution < 1.29 is 13.5 Å². The van der Waals surface area contributed by atoms with Crippen molar-refractivity contribution in [2.75, 3.05) is 18.0 Å². The minimum absolute atomic E-state index is 0.201. The van der Waals surface area contributed by atoms with Gasteiger partial charge in [-0.1, -0.05) is 17.4 Å². The summed E-state index contributed by atoms with van der Waals surface area (Å²) in [7, 11) is 0. The van der Waals surface area contributed by atoms with E-state index in [9.17, 15) is 18.8 Å². The Morgan fingerprint density at radius 1 is 1.19 bits per heavy atom. The van der Waals surface area contributed by atoms with Gasteiger partial charge < -0.3 is 9.64 Å². The number of halogens is 2. The molecule has 5 rings (SSSR count). The zero-order valence-corrected chi connectivity index (χ0v) is 20.4. The molecule has 1 aliphatic heterocycles. The summed E-state index contributed by atoms with van der Waals surface area (Å²) < 4.78 is 36.3. The Bertz CT molecular complexity index is 1500. The Balaban J connectivity index is 1.30. The molecule has 3 heterocycles. The third-order valence-electron chi connectivity index (χ3n) is 6.17. The predicted octanol–water partition coefficient (Wildman–Crippen LogP) is 4.66. The minimum atomic E-state index is -0.721. The van der Waals surface area contributed by atoms with Gasteiger partial charge in [0.15, 0.2) is 5.13 Å². The highest BCUT2D eigenvalue weighted by molar-refractivity contribution is 7.17. The van der Waals surface area contributed by atoms with Crippen LogP contribution in [-0.2, 0) is 6.54 Å². The van der Waals surface area contributed by atoms with E-state index in [1.165, 1.54) is 23.7 Å². The topological polar surface area (TPSA) is 89.0 Å². The van der Waals surface area contributed by atoms with Crippen LogP contribution in [0.3, 0.4) is 0 Å². The Morgan fingerprint density at radius 2 is 1.92 bits per heavy atom. The van der Waals surface area contributed by atoms with Crippen LogP contribution in [0.1, 0.15) is 24.6 Å². The van der Waals surface area contributed by atoms with Gasteiger partial charge in [0.05, 0.1) is 29.4 Å². The van der Waals surface area contributed by atoms with Crippen LogP contribution in [0, 0.1) is 35.3 Å². The molecule has 0 spiro atoms. The van der Waals surface area contributed by atoms with E-state index in [2.05, 4.69) is 21.1 Å². The molecule has 11 heteroatoms. The van der Waals surface area contributed by atoms with E-state index >= 15 is 0 Å². The molecule has 8 nitrogen and oxygen atoms in total. The van der Waals surface area contributed by atoms with Gasteiger partial charge in [0, 0.05) is 18.7 Å². The number of thiazole rings is 1. The molecule has 2 aromatic heterocycles. The Morgan fingerprint density at radius 3 is 2.58 bits per heavy atom. The fraction of sp³-hybridized carbons (Fsp3) is 0.280. The molecule has 1 fully saturated rings. The number of nitrogens with zero attached hydrogens (tertiary/aromatic N) is 6. The minimum Gasteiger partial charge on any atom is -0.445 e. The Hall–Kier alpha value is -4.04. The summed E-state index contributed by atoms with van der Waals surface area (Å²) in [4.78, 5) is 19.5. The zero-order valence-electron chi connectivity index (χ0n) is 19.6. The highest BCUT2D eigenvalue weighted by Gasteiger charge is 2.35. The molecule has 4 aromatic rings. The normalized spacial score (nSPS) is 17.4. The van der Waals surface area contributed by atoms with Crippen molar-refractivity contribution in [3.05, 3.63) is 82.2 Å². The number of ether oxygens (including phenoxy) is 1. The number of nitriles is 1. The second-order valence-corrected chi connectivity index (χ2v) is 9.90. The van der Waals surface area contributed by atoms with Crippen LogP contribution in [0.5, 0.6) is 10.8 Å². The second kappa shape index (κ2) is 9.20. The molecule has 1 aliphatic rings. The van der Waals surface area contributed by atoms with Crippen molar-refractivity contribution >= 4 is 16.5 Å². The monoisotopic (exact) mass is 508 g/mol. The summed E-state index contributed by atoms with van der Waals surface area (Å²) in [6.07, 6.45) is 2.04. The fourth-order valence-electron chi connectivity index (χ4n) is 4.05. The smallest absolute Gasteiger partial charge is 0.350 e. The summed E-state index contributed by atoms with van der Waals surface area (Å²) in [5, 5.41) is 14.9. The third-order valence-corrected chi connectivity index (χ3v) is 7.27. The van der Waals surface area contributed by atoms with Crippen molar-refractivity contribution in [3.8, 4) is 22.6 Å². The van der Waals surface area contributed by atoms with Gasteiger partial charge >= 0.3 is 5.69 Å².